The number of aryl methyl sites for hydroxylation is 1. The number of aromatic amines is 1. The number of carbonyl (C=O) groups excluding carboxylic acids is 2. The molecule has 4 rings (SSSR count). The highest BCUT2D eigenvalue weighted by atomic mass is 16.5. The van der Waals surface area contributed by atoms with Crippen molar-refractivity contribution < 1.29 is 14.3 Å². The number of piperazine rings is 1. The summed E-state index contributed by atoms with van der Waals surface area (Å²) in [6.07, 6.45) is 0.407. The lowest BCUT2D eigenvalue weighted by molar-refractivity contribution is -0.131. The van der Waals surface area contributed by atoms with Crippen molar-refractivity contribution in [3.63, 3.8) is 0 Å². The van der Waals surface area contributed by atoms with Crippen LogP contribution in [0.5, 0.6) is 5.75 Å². The average molecular weight is 391 g/mol. The van der Waals surface area contributed by atoms with Crippen LogP contribution < -0.4 is 4.74 Å². The lowest BCUT2D eigenvalue weighted by atomic mass is 10.1. The number of amides is 2. The molecule has 1 saturated heterocycles. The predicted molar refractivity (Wildman–Crippen MR) is 112 cm³/mol. The van der Waals surface area contributed by atoms with E-state index >= 15 is 0 Å². The summed E-state index contributed by atoms with van der Waals surface area (Å²) in [5.74, 6) is 0.839. The fourth-order valence-electron chi connectivity index (χ4n) is 3.77. The largest absolute Gasteiger partial charge is 0.497 e. The van der Waals surface area contributed by atoms with E-state index in [0.29, 0.717) is 38.3 Å². The summed E-state index contributed by atoms with van der Waals surface area (Å²) in [5, 5.41) is 0.944. The van der Waals surface area contributed by atoms with Gasteiger partial charge >= 0.3 is 0 Å². The molecule has 2 heterocycles. The van der Waals surface area contributed by atoms with Crippen molar-refractivity contribution in [1.82, 2.24) is 14.8 Å². The average Bonchev–Trinajstić information content (AvgIpc) is 3.18. The summed E-state index contributed by atoms with van der Waals surface area (Å²) in [6.45, 7) is 4.22. The number of nitrogens with zero attached hydrogens (tertiary/aromatic N) is 2. The summed E-state index contributed by atoms with van der Waals surface area (Å²) in [5.41, 5.74) is 3.66. The van der Waals surface area contributed by atoms with Crippen molar-refractivity contribution in [3.05, 3.63) is 65.4 Å². The van der Waals surface area contributed by atoms with Crippen LogP contribution in [0.4, 0.5) is 0 Å². The molecular formula is C23H25N3O3. The van der Waals surface area contributed by atoms with Crippen molar-refractivity contribution in [1.29, 1.82) is 0 Å². The molecule has 1 aliphatic rings. The number of carbonyl (C=O) groups is 2. The summed E-state index contributed by atoms with van der Waals surface area (Å²) in [4.78, 5) is 32.4. The standard InChI is InChI=1S/C23H25N3O3/c1-16-5-3-4-6-17(16)15-22(27)25-9-11-26(12-10-25)23(28)21-14-18-13-19(29-2)7-8-20(18)24-21/h3-8,13-14,24H,9-12,15H2,1-2H3. The number of aromatic nitrogens is 1. The van der Waals surface area contributed by atoms with Gasteiger partial charge in [-0.3, -0.25) is 9.59 Å². The van der Waals surface area contributed by atoms with E-state index in [4.69, 9.17) is 4.74 Å². The second-order valence-electron chi connectivity index (χ2n) is 7.41. The Bertz CT molecular complexity index is 1050. The fraction of sp³-hybridized carbons (Fsp3) is 0.304. The van der Waals surface area contributed by atoms with Crippen molar-refractivity contribution in [3.8, 4) is 5.75 Å². The summed E-state index contributed by atoms with van der Waals surface area (Å²) < 4.78 is 5.25. The first-order valence-corrected chi connectivity index (χ1v) is 9.83. The molecule has 0 radical (unpaired) electrons. The van der Waals surface area contributed by atoms with Gasteiger partial charge in [0.25, 0.3) is 5.91 Å². The van der Waals surface area contributed by atoms with Gasteiger partial charge in [0.2, 0.25) is 5.91 Å². The molecule has 1 N–H and O–H groups in total. The minimum absolute atomic E-state index is 0.0360. The van der Waals surface area contributed by atoms with E-state index < -0.39 is 0 Å². The Labute approximate surface area is 170 Å². The third-order valence-electron chi connectivity index (χ3n) is 5.58. The van der Waals surface area contributed by atoms with Crippen LogP contribution in [0.25, 0.3) is 10.9 Å². The lowest BCUT2D eigenvalue weighted by Crippen LogP contribution is -2.51. The van der Waals surface area contributed by atoms with E-state index in [1.165, 1.54) is 0 Å². The van der Waals surface area contributed by atoms with Crippen LogP contribution in [0.15, 0.2) is 48.5 Å². The maximum absolute atomic E-state index is 12.9. The third-order valence-corrected chi connectivity index (χ3v) is 5.58. The van der Waals surface area contributed by atoms with E-state index in [9.17, 15) is 9.59 Å². The lowest BCUT2D eigenvalue weighted by Gasteiger charge is -2.34. The number of hydrogen-bond acceptors (Lipinski definition) is 3. The topological polar surface area (TPSA) is 65.6 Å². The predicted octanol–water partition coefficient (Wildman–Crippen LogP) is 3.01. The van der Waals surface area contributed by atoms with Crippen molar-refractivity contribution in [2.75, 3.05) is 33.3 Å². The molecule has 29 heavy (non-hydrogen) atoms. The Kier molecular flexibility index (Phi) is 5.25. The minimum Gasteiger partial charge on any atom is -0.497 e. The van der Waals surface area contributed by atoms with Crippen LogP contribution in [-0.4, -0.2) is 59.9 Å². The van der Waals surface area contributed by atoms with Crippen LogP contribution in [0.1, 0.15) is 21.6 Å². The van der Waals surface area contributed by atoms with E-state index in [1.54, 1.807) is 12.0 Å². The van der Waals surface area contributed by atoms with E-state index in [0.717, 1.165) is 27.8 Å². The highest BCUT2D eigenvalue weighted by Gasteiger charge is 2.26. The maximum Gasteiger partial charge on any atom is 0.270 e. The number of ether oxygens (including phenoxy) is 1. The van der Waals surface area contributed by atoms with Crippen molar-refractivity contribution in [2.45, 2.75) is 13.3 Å². The number of H-pyrrole nitrogens is 1. The van der Waals surface area contributed by atoms with Gasteiger partial charge in [0.1, 0.15) is 11.4 Å². The van der Waals surface area contributed by atoms with Crippen LogP contribution >= 0.6 is 0 Å². The fourth-order valence-corrected chi connectivity index (χ4v) is 3.77. The molecule has 6 nitrogen and oxygen atoms in total. The molecule has 0 spiro atoms. The molecule has 6 heteroatoms. The number of methoxy groups -OCH3 is 1. The van der Waals surface area contributed by atoms with Crippen molar-refractivity contribution in [2.24, 2.45) is 0 Å². The Morgan fingerprint density at radius 3 is 2.45 bits per heavy atom. The zero-order valence-electron chi connectivity index (χ0n) is 16.8. The highest BCUT2D eigenvalue weighted by Crippen LogP contribution is 2.22. The summed E-state index contributed by atoms with van der Waals surface area (Å²) in [6, 6.07) is 15.5. The number of hydrogen-bond donors (Lipinski definition) is 1. The minimum atomic E-state index is -0.0360. The van der Waals surface area contributed by atoms with Gasteiger partial charge in [0, 0.05) is 37.1 Å². The molecule has 150 valence electrons. The van der Waals surface area contributed by atoms with Gasteiger partial charge in [-0.1, -0.05) is 24.3 Å². The van der Waals surface area contributed by atoms with E-state index in [-0.39, 0.29) is 11.8 Å². The molecule has 0 saturated carbocycles. The number of benzene rings is 2. The number of nitrogens with one attached hydrogen (secondary N) is 1. The normalized spacial score (nSPS) is 14.3. The van der Waals surface area contributed by atoms with Crippen LogP contribution in [0.3, 0.4) is 0 Å². The summed E-state index contributed by atoms with van der Waals surface area (Å²) in [7, 11) is 1.62. The summed E-state index contributed by atoms with van der Waals surface area (Å²) >= 11 is 0. The first-order valence-electron chi connectivity index (χ1n) is 9.83. The molecule has 0 aliphatic carbocycles. The Morgan fingerprint density at radius 2 is 1.72 bits per heavy atom. The molecule has 1 fully saturated rings. The molecular weight excluding hydrogens is 366 g/mol. The second kappa shape index (κ2) is 7.99. The Hall–Kier alpha value is -3.28. The zero-order valence-corrected chi connectivity index (χ0v) is 16.8. The second-order valence-corrected chi connectivity index (χ2v) is 7.41. The SMILES string of the molecule is COc1ccc2[nH]c(C(=O)N3CCN(C(=O)Cc4ccccc4C)CC3)cc2c1. The first-order chi connectivity index (χ1) is 14.0. The molecule has 1 aromatic heterocycles. The highest BCUT2D eigenvalue weighted by molar-refractivity contribution is 5.98. The third kappa shape index (κ3) is 3.97. The van der Waals surface area contributed by atoms with Gasteiger partial charge in [-0.15, -0.1) is 0 Å². The van der Waals surface area contributed by atoms with Crippen LogP contribution in [-0.2, 0) is 11.2 Å². The zero-order chi connectivity index (χ0) is 20.4. The smallest absolute Gasteiger partial charge is 0.270 e. The van der Waals surface area contributed by atoms with Crippen LogP contribution in [0.2, 0.25) is 0 Å². The van der Waals surface area contributed by atoms with Crippen LogP contribution in [0, 0.1) is 6.92 Å². The van der Waals surface area contributed by atoms with E-state index in [1.807, 2.05) is 60.4 Å². The molecule has 1 aliphatic heterocycles. The van der Waals surface area contributed by atoms with Gasteiger partial charge in [-0.05, 0) is 42.3 Å². The molecule has 0 bridgehead atoms. The quantitative estimate of drug-likeness (QED) is 0.744. The van der Waals surface area contributed by atoms with Gasteiger partial charge in [-0.2, -0.15) is 0 Å². The van der Waals surface area contributed by atoms with E-state index in [2.05, 4.69) is 4.98 Å². The first kappa shape index (κ1) is 19.1. The Balaban J connectivity index is 1.38. The maximum atomic E-state index is 12.9. The van der Waals surface area contributed by atoms with Gasteiger partial charge < -0.3 is 19.5 Å². The van der Waals surface area contributed by atoms with Gasteiger partial charge in [-0.25, -0.2) is 0 Å². The van der Waals surface area contributed by atoms with Gasteiger partial charge in [0.05, 0.1) is 13.5 Å². The number of fused-ring (bicyclic) bond motifs is 1. The molecule has 2 amide bonds. The Morgan fingerprint density at radius 1 is 1.00 bits per heavy atom. The molecule has 3 aromatic rings. The van der Waals surface area contributed by atoms with Crippen molar-refractivity contribution >= 4 is 22.7 Å². The molecule has 0 unspecified atom stereocenters. The van der Waals surface area contributed by atoms with Gasteiger partial charge in [0.15, 0.2) is 0 Å². The molecule has 0 atom stereocenters. The number of rotatable bonds is 4. The monoisotopic (exact) mass is 391 g/mol. The molecule has 2 aromatic carbocycles.